The Morgan fingerprint density at radius 2 is 2.13 bits per heavy atom. The third-order valence-electron chi connectivity index (χ3n) is 3.08. The van der Waals surface area contributed by atoms with Crippen molar-refractivity contribution in [3.8, 4) is 0 Å². The largest absolute Gasteiger partial charge is 0.466 e. The molecule has 1 N–H and O–H groups in total. The number of aromatic amines is 1. The molecule has 126 valence electrons. The molecule has 23 heavy (non-hydrogen) atoms. The molecular weight excluding hydrogens is 317 g/mol. The van der Waals surface area contributed by atoms with Crippen molar-refractivity contribution < 1.29 is 22.7 Å². The second kappa shape index (κ2) is 6.80. The van der Waals surface area contributed by atoms with E-state index < -0.39 is 17.6 Å². The van der Waals surface area contributed by atoms with Crippen LogP contribution in [0.25, 0.3) is 11.2 Å². The van der Waals surface area contributed by atoms with E-state index in [9.17, 15) is 22.8 Å². The smallest absolute Gasteiger partial charge is 0.449 e. The van der Waals surface area contributed by atoms with Gasteiger partial charge in [-0.2, -0.15) is 13.2 Å². The highest BCUT2D eigenvalue weighted by Crippen LogP contribution is 2.27. The Hall–Kier alpha value is -2.39. The number of carbonyl (C=O) groups excluding carboxylic acids is 1. The van der Waals surface area contributed by atoms with Crippen LogP contribution in [0.5, 0.6) is 0 Å². The number of carbonyl (C=O) groups is 1. The maximum atomic E-state index is 12.6. The number of hydrogen-bond donors (Lipinski definition) is 1. The summed E-state index contributed by atoms with van der Waals surface area (Å²) in [5, 5.41) is 0. The highest BCUT2D eigenvalue weighted by Gasteiger charge is 2.35. The summed E-state index contributed by atoms with van der Waals surface area (Å²) in [5.41, 5.74) is -1.19. The molecule has 0 bridgehead atoms. The van der Waals surface area contributed by atoms with Gasteiger partial charge in [-0.1, -0.05) is 0 Å². The van der Waals surface area contributed by atoms with Crippen molar-refractivity contribution in [1.82, 2.24) is 19.5 Å². The molecule has 0 aliphatic rings. The maximum absolute atomic E-state index is 12.6. The zero-order valence-corrected chi connectivity index (χ0v) is 12.3. The molecule has 0 amide bonds. The molecule has 0 aliphatic heterocycles. The summed E-state index contributed by atoms with van der Waals surface area (Å²) in [7, 11) is 0. The summed E-state index contributed by atoms with van der Waals surface area (Å²) in [5.74, 6) is -1.58. The van der Waals surface area contributed by atoms with Crippen LogP contribution in [0.15, 0.2) is 11.1 Å². The van der Waals surface area contributed by atoms with Crippen molar-refractivity contribution in [1.29, 1.82) is 0 Å². The molecule has 2 rings (SSSR count). The number of alkyl halides is 3. The lowest BCUT2D eigenvalue weighted by atomic mass is 10.2. The van der Waals surface area contributed by atoms with Crippen LogP contribution in [0.4, 0.5) is 13.2 Å². The summed E-state index contributed by atoms with van der Waals surface area (Å²) < 4.78 is 43.7. The van der Waals surface area contributed by atoms with E-state index in [0.717, 1.165) is 6.33 Å². The number of fused-ring (bicyclic) bond motifs is 1. The van der Waals surface area contributed by atoms with E-state index in [4.69, 9.17) is 4.74 Å². The average Bonchev–Trinajstić information content (AvgIpc) is 2.91. The van der Waals surface area contributed by atoms with Crippen molar-refractivity contribution in [2.75, 3.05) is 6.61 Å². The first-order valence-corrected chi connectivity index (χ1v) is 7.01. The van der Waals surface area contributed by atoms with Gasteiger partial charge in [-0.25, -0.2) is 9.97 Å². The van der Waals surface area contributed by atoms with Gasteiger partial charge in [-0.05, 0) is 19.8 Å². The number of rotatable bonds is 6. The lowest BCUT2D eigenvalue weighted by molar-refractivity contribution is -0.144. The third-order valence-corrected chi connectivity index (χ3v) is 3.08. The topological polar surface area (TPSA) is 89.9 Å². The van der Waals surface area contributed by atoms with Gasteiger partial charge in [0.2, 0.25) is 5.82 Å². The highest BCUT2D eigenvalue weighted by atomic mass is 19.4. The molecule has 0 aliphatic carbocycles. The Bertz CT molecular complexity index is 751. The number of halogens is 3. The summed E-state index contributed by atoms with van der Waals surface area (Å²) in [6, 6.07) is 0. The molecule has 0 fully saturated rings. The van der Waals surface area contributed by atoms with E-state index in [2.05, 4.69) is 9.97 Å². The lowest BCUT2D eigenvalue weighted by Crippen LogP contribution is -2.21. The first-order chi connectivity index (χ1) is 10.8. The van der Waals surface area contributed by atoms with Gasteiger partial charge in [-0.15, -0.1) is 0 Å². The second-order valence-corrected chi connectivity index (χ2v) is 4.79. The minimum atomic E-state index is -4.67. The van der Waals surface area contributed by atoms with Crippen molar-refractivity contribution in [2.24, 2.45) is 0 Å². The van der Waals surface area contributed by atoms with Gasteiger partial charge >= 0.3 is 12.1 Å². The third kappa shape index (κ3) is 4.08. The molecule has 0 atom stereocenters. The van der Waals surface area contributed by atoms with Gasteiger partial charge in [-0.3, -0.25) is 14.2 Å². The van der Waals surface area contributed by atoms with Crippen molar-refractivity contribution >= 4 is 17.1 Å². The number of esters is 1. The van der Waals surface area contributed by atoms with Crippen molar-refractivity contribution in [3.63, 3.8) is 0 Å². The van der Waals surface area contributed by atoms with Crippen LogP contribution in [0.3, 0.4) is 0 Å². The number of imidazole rings is 1. The minimum Gasteiger partial charge on any atom is -0.466 e. The zero-order valence-electron chi connectivity index (χ0n) is 12.3. The summed E-state index contributed by atoms with van der Waals surface area (Å²) in [6.45, 7) is 2.25. The molecule has 0 saturated carbocycles. The Labute approximate surface area is 128 Å². The fourth-order valence-corrected chi connectivity index (χ4v) is 2.01. The quantitative estimate of drug-likeness (QED) is 0.644. The fourth-order valence-electron chi connectivity index (χ4n) is 2.01. The average molecular weight is 332 g/mol. The molecule has 0 unspecified atom stereocenters. The Morgan fingerprint density at radius 3 is 2.78 bits per heavy atom. The lowest BCUT2D eigenvalue weighted by Gasteiger charge is -2.04. The number of hydrogen-bond acceptors (Lipinski definition) is 5. The SMILES string of the molecule is CCOC(=O)CCCCn1cnc2nc(C(F)(F)F)[nH]c2c1=O. The fraction of sp³-hybridized carbons (Fsp3) is 0.538. The first-order valence-electron chi connectivity index (χ1n) is 7.01. The predicted octanol–water partition coefficient (Wildman–Crippen LogP) is 1.87. The van der Waals surface area contributed by atoms with E-state index in [-0.39, 0.29) is 30.1 Å². The zero-order chi connectivity index (χ0) is 17.0. The van der Waals surface area contributed by atoms with Gasteiger partial charge in [0, 0.05) is 13.0 Å². The van der Waals surface area contributed by atoms with Crippen LogP contribution in [0, 0.1) is 0 Å². The van der Waals surface area contributed by atoms with Crippen LogP contribution in [0.1, 0.15) is 32.0 Å². The van der Waals surface area contributed by atoms with E-state index in [1.165, 1.54) is 4.57 Å². The summed E-state index contributed by atoms with van der Waals surface area (Å²) in [6.07, 6.45) is -2.31. The van der Waals surface area contributed by atoms with Crippen LogP contribution >= 0.6 is 0 Å². The first kappa shape index (κ1) is 17.0. The molecule has 0 saturated heterocycles. The normalized spacial score (nSPS) is 11.8. The van der Waals surface area contributed by atoms with Gasteiger partial charge in [0.15, 0.2) is 11.2 Å². The van der Waals surface area contributed by atoms with E-state index in [1.807, 2.05) is 4.98 Å². The van der Waals surface area contributed by atoms with Crippen molar-refractivity contribution in [3.05, 3.63) is 22.5 Å². The van der Waals surface area contributed by atoms with Crippen LogP contribution in [-0.4, -0.2) is 32.1 Å². The number of aryl methyl sites for hydroxylation is 1. The molecule has 7 nitrogen and oxygen atoms in total. The molecule has 2 heterocycles. The number of nitrogens with one attached hydrogen (secondary N) is 1. The molecule has 2 aromatic heterocycles. The molecule has 0 aromatic carbocycles. The van der Waals surface area contributed by atoms with Gasteiger partial charge < -0.3 is 9.72 Å². The van der Waals surface area contributed by atoms with Crippen molar-refractivity contribution in [2.45, 2.75) is 38.9 Å². The minimum absolute atomic E-state index is 0.223. The highest BCUT2D eigenvalue weighted by molar-refractivity contribution is 5.69. The Balaban J connectivity index is 2.06. The Morgan fingerprint density at radius 1 is 1.39 bits per heavy atom. The number of unbranched alkanes of at least 4 members (excludes halogenated alkanes) is 1. The van der Waals surface area contributed by atoms with Gasteiger partial charge in [0.25, 0.3) is 5.56 Å². The molecular formula is C13H15F3N4O3. The van der Waals surface area contributed by atoms with Crippen LogP contribution < -0.4 is 5.56 Å². The van der Waals surface area contributed by atoms with E-state index in [1.54, 1.807) is 6.92 Å². The van der Waals surface area contributed by atoms with Gasteiger partial charge in [0.05, 0.1) is 6.61 Å². The van der Waals surface area contributed by atoms with E-state index >= 15 is 0 Å². The Kier molecular flexibility index (Phi) is 5.02. The molecule has 2 aromatic rings. The maximum Gasteiger partial charge on any atom is 0.449 e. The molecule has 10 heteroatoms. The molecule has 0 spiro atoms. The van der Waals surface area contributed by atoms with E-state index in [0.29, 0.717) is 19.4 Å². The second-order valence-electron chi connectivity index (χ2n) is 4.79. The van der Waals surface area contributed by atoms with Crippen LogP contribution in [-0.2, 0) is 22.3 Å². The molecule has 0 radical (unpaired) electrons. The predicted molar refractivity (Wildman–Crippen MR) is 73.6 cm³/mol. The summed E-state index contributed by atoms with van der Waals surface area (Å²) in [4.78, 5) is 32.2. The monoisotopic (exact) mass is 332 g/mol. The number of H-pyrrole nitrogens is 1. The number of ether oxygens (including phenoxy) is 1. The number of aromatic nitrogens is 4. The van der Waals surface area contributed by atoms with Gasteiger partial charge in [0.1, 0.15) is 6.33 Å². The standard InChI is InChI=1S/C13H15F3N4O3/c1-2-23-8(21)5-3-4-6-20-7-17-10-9(11(20)22)18-12(19-10)13(14,15)16/h7H,2-6H2,1H3,(H,18,19). The number of nitrogens with zero attached hydrogens (tertiary/aromatic N) is 3. The summed E-state index contributed by atoms with van der Waals surface area (Å²) >= 11 is 0. The van der Waals surface area contributed by atoms with Crippen LogP contribution in [0.2, 0.25) is 0 Å².